The predicted molar refractivity (Wildman–Crippen MR) is 58.5 cm³/mol. The van der Waals surface area contributed by atoms with Gasteiger partial charge in [0.15, 0.2) is 0 Å². The predicted octanol–water partition coefficient (Wildman–Crippen LogP) is -4.86. The van der Waals surface area contributed by atoms with E-state index in [9.17, 15) is 0 Å². The van der Waals surface area contributed by atoms with E-state index in [0.29, 0.717) is 0 Å². The molecule has 0 saturated carbocycles. The van der Waals surface area contributed by atoms with E-state index in [1.165, 1.54) is 11.8 Å². The molecule has 0 atom stereocenters. The molecule has 17 heavy (non-hydrogen) atoms. The van der Waals surface area contributed by atoms with Gasteiger partial charge in [0.2, 0.25) is 0 Å². The second kappa shape index (κ2) is 18.8. The number of hydrogen-bond acceptors (Lipinski definition) is 2. The fraction of sp³-hybridized carbons (Fsp3) is 0.800. The Morgan fingerprint density at radius 2 is 1.06 bits per heavy atom. The maximum atomic E-state index is 5.26. The van der Waals surface area contributed by atoms with Crippen LogP contribution < -0.4 is 116 Å². The molecule has 2 heterocycles. The van der Waals surface area contributed by atoms with Crippen LogP contribution in [-0.2, 0) is 42.2 Å². The zero-order chi connectivity index (χ0) is 10.2. The molecule has 2 fully saturated rings. The van der Waals surface area contributed by atoms with Gasteiger partial charge in [-0.3, -0.25) is 11.8 Å². The molecule has 5 radical (unpaired) electrons. The van der Waals surface area contributed by atoms with Gasteiger partial charge < -0.3 is 9.47 Å². The average Bonchev–Trinajstić information content (AvgIpc) is 2.05. The van der Waals surface area contributed by atoms with E-state index in [1.807, 2.05) is 0 Å². The molecule has 0 bridgehead atoms. The minimum atomic E-state index is 0. The summed E-state index contributed by atoms with van der Waals surface area (Å²) in [5.41, 5.74) is 0. The third-order valence-electron chi connectivity index (χ3n) is 2.22. The maximum Gasteiger partial charge on any atom is 1.00 e. The van der Waals surface area contributed by atoms with Crippen LogP contribution >= 0.6 is 0 Å². The summed E-state index contributed by atoms with van der Waals surface area (Å²) in [6, 6.07) is 0. The first kappa shape index (κ1) is 26.7. The van der Waals surface area contributed by atoms with Crippen LogP contribution in [0.1, 0.15) is 12.8 Å². The zero-order valence-electron chi connectivity index (χ0n) is 11.2. The van der Waals surface area contributed by atoms with Crippen LogP contribution in [-0.4, -0.2) is 42.1 Å². The summed E-state index contributed by atoms with van der Waals surface area (Å²) in [6.45, 7) is 3.43. The van der Waals surface area contributed by atoms with E-state index in [4.69, 9.17) is 25.2 Å². The van der Waals surface area contributed by atoms with Gasteiger partial charge in [0.05, 0.1) is 15.7 Å². The number of ether oxygens (including phenoxy) is 2. The van der Waals surface area contributed by atoms with Crippen molar-refractivity contribution in [1.29, 1.82) is 0 Å². The summed E-state index contributed by atoms with van der Waals surface area (Å²) in [5, 5.41) is 0. The van der Waals surface area contributed by atoms with Gasteiger partial charge in [-0.25, -0.2) is 0 Å². The minimum absolute atomic E-state index is 0. The Bertz CT molecular complexity index is 134. The second-order valence-electron chi connectivity index (χ2n) is 3.56. The Labute approximate surface area is 232 Å². The van der Waals surface area contributed by atoms with Gasteiger partial charge in [-0.15, -0.1) is 12.6 Å². The third-order valence-corrected chi connectivity index (χ3v) is 2.22. The van der Waals surface area contributed by atoms with Crippen molar-refractivity contribution in [3.05, 3.63) is 11.8 Å². The largest absolute Gasteiger partial charge is 1.00 e. The number of rotatable bonds is 4. The van der Waals surface area contributed by atoms with Gasteiger partial charge in [0.1, 0.15) is 0 Å². The molecule has 0 amide bonds. The van der Waals surface area contributed by atoms with E-state index < -0.39 is 0 Å². The van der Waals surface area contributed by atoms with E-state index >= 15 is 0 Å². The Morgan fingerprint density at radius 3 is 1.12 bits per heavy atom. The van der Waals surface area contributed by atoms with Crippen LogP contribution in [0.4, 0.5) is 0 Å². The fourth-order valence-electron chi connectivity index (χ4n) is 1.19. The molecule has 7 heteroatoms. The Hall–Kier alpha value is 4.76. The molecular formula is C10H16B2O2Rb2Y. The smallest absolute Gasteiger partial charge is 0.444 e. The van der Waals surface area contributed by atoms with Crippen molar-refractivity contribution in [3.63, 3.8) is 0 Å². The summed E-state index contributed by atoms with van der Waals surface area (Å²) in [7, 11) is 10.5. The summed E-state index contributed by atoms with van der Waals surface area (Å²) < 4.78 is 9.79. The van der Waals surface area contributed by atoms with E-state index in [-0.39, 0.29) is 149 Å². The molecular weight excluding hydrogens is 434 g/mol. The fourth-order valence-corrected chi connectivity index (χ4v) is 1.19. The Balaban J connectivity index is -0.000000196. The van der Waals surface area contributed by atoms with Crippen LogP contribution in [0.5, 0.6) is 0 Å². The average molecular weight is 450 g/mol. The van der Waals surface area contributed by atoms with Crippen LogP contribution in [0.2, 0.25) is 12.6 Å². The normalized spacial score (nSPS) is 17.9. The molecule has 0 aromatic heterocycles. The molecule has 2 saturated heterocycles. The maximum absolute atomic E-state index is 5.26. The molecule has 2 nitrogen and oxygen atoms in total. The molecule has 2 aliphatic rings. The Kier molecular flexibility index (Phi) is 29.5. The molecule has 0 N–H and O–H groups in total. The first-order valence-electron chi connectivity index (χ1n) is 5.09. The summed E-state index contributed by atoms with van der Waals surface area (Å²) in [5.74, 6) is 2.92. The summed E-state index contributed by atoms with van der Waals surface area (Å²) in [6.07, 6.45) is 3.66. The van der Waals surface area contributed by atoms with Crippen molar-refractivity contribution in [2.24, 2.45) is 0 Å². The van der Waals surface area contributed by atoms with Gasteiger partial charge >= 0.3 is 116 Å². The zero-order valence-corrected chi connectivity index (χ0v) is 23.9. The summed E-state index contributed by atoms with van der Waals surface area (Å²) in [4.78, 5) is 0. The molecule has 0 unspecified atom stereocenters. The van der Waals surface area contributed by atoms with E-state index in [2.05, 4.69) is 0 Å². The van der Waals surface area contributed by atoms with Gasteiger partial charge in [0, 0.05) is 32.7 Å². The quantitative estimate of drug-likeness (QED) is 0.317. The first-order chi connectivity index (χ1) is 6.86. The van der Waals surface area contributed by atoms with E-state index in [0.717, 1.165) is 51.9 Å². The van der Waals surface area contributed by atoms with Crippen LogP contribution in [0, 0.1) is 11.8 Å². The molecule has 2 aliphatic heterocycles. The molecule has 2 rings (SSSR count). The topological polar surface area (TPSA) is 18.5 Å². The minimum Gasteiger partial charge on any atom is -0.444 e. The number of hydrogen-bond donors (Lipinski definition) is 0. The standard InChI is InChI=1S/2C5H8BO.2Rb.Y/c2*6-2-1-5-3-7-4-5;;;/h2*1-4H2;;;/q2*-1;2*+1;. The van der Waals surface area contributed by atoms with Gasteiger partial charge in [-0.2, -0.15) is 12.8 Å². The molecule has 0 aliphatic carbocycles. The van der Waals surface area contributed by atoms with E-state index in [1.54, 1.807) is 0 Å². The van der Waals surface area contributed by atoms with Crippen molar-refractivity contribution in [3.8, 4) is 0 Å². The molecule has 0 aromatic rings. The molecule has 79 valence electrons. The first-order valence-corrected chi connectivity index (χ1v) is 5.09. The Morgan fingerprint density at radius 1 is 0.765 bits per heavy atom. The molecule has 0 aromatic carbocycles. The SMILES string of the molecule is [B]CC[C-]1COC1.[B]CC[C-]1COC1.[Rb+].[Rb+].[Y]. The second-order valence-corrected chi connectivity index (χ2v) is 3.56. The van der Waals surface area contributed by atoms with Crippen molar-refractivity contribution in [2.45, 2.75) is 25.5 Å². The van der Waals surface area contributed by atoms with Gasteiger partial charge in [0.25, 0.3) is 0 Å². The van der Waals surface area contributed by atoms with Crippen LogP contribution in [0.25, 0.3) is 0 Å². The van der Waals surface area contributed by atoms with Crippen molar-refractivity contribution < 1.29 is 159 Å². The van der Waals surface area contributed by atoms with Gasteiger partial charge in [-0.1, -0.05) is 26.4 Å². The van der Waals surface area contributed by atoms with Crippen molar-refractivity contribution in [1.82, 2.24) is 0 Å². The summed E-state index contributed by atoms with van der Waals surface area (Å²) >= 11 is 0. The third kappa shape index (κ3) is 14.1. The molecule has 0 spiro atoms. The monoisotopic (exact) mass is 449 g/mol. The van der Waals surface area contributed by atoms with Crippen LogP contribution in [0.3, 0.4) is 0 Å². The van der Waals surface area contributed by atoms with Crippen molar-refractivity contribution in [2.75, 3.05) is 26.4 Å². The van der Waals surface area contributed by atoms with Crippen molar-refractivity contribution >= 4 is 15.7 Å². The van der Waals surface area contributed by atoms with Gasteiger partial charge in [-0.05, 0) is 0 Å². The van der Waals surface area contributed by atoms with Crippen LogP contribution in [0.15, 0.2) is 0 Å².